The molecule has 0 unspecified atom stereocenters. The highest BCUT2D eigenvalue weighted by molar-refractivity contribution is 6.06. The normalized spacial score (nSPS) is 10.5. The highest BCUT2D eigenvalue weighted by Gasteiger charge is 2.16. The SMILES string of the molecule is CN(C(=O)c1ccccc1)c1ccc2cc(C(=O)O)c(=O)oc2c1. The maximum absolute atomic E-state index is 12.4. The zero-order chi connectivity index (χ0) is 17.3. The first-order valence-electron chi connectivity index (χ1n) is 7.11. The number of nitrogens with zero attached hydrogens (tertiary/aromatic N) is 1. The van der Waals surface area contributed by atoms with Crippen LogP contribution in [0.15, 0.2) is 63.8 Å². The molecule has 0 saturated heterocycles. The fourth-order valence-corrected chi connectivity index (χ4v) is 2.35. The minimum atomic E-state index is -1.34. The molecule has 1 amide bonds. The lowest BCUT2D eigenvalue weighted by molar-refractivity contribution is 0.0692. The van der Waals surface area contributed by atoms with Gasteiger partial charge < -0.3 is 14.4 Å². The van der Waals surface area contributed by atoms with Gasteiger partial charge in [-0.1, -0.05) is 18.2 Å². The minimum absolute atomic E-state index is 0.209. The van der Waals surface area contributed by atoms with Gasteiger partial charge in [-0.25, -0.2) is 9.59 Å². The van der Waals surface area contributed by atoms with Crippen molar-refractivity contribution in [3.05, 3.63) is 76.1 Å². The van der Waals surface area contributed by atoms with E-state index in [1.165, 1.54) is 17.0 Å². The summed E-state index contributed by atoms with van der Waals surface area (Å²) in [4.78, 5) is 36.5. The summed E-state index contributed by atoms with van der Waals surface area (Å²) < 4.78 is 5.06. The highest BCUT2D eigenvalue weighted by Crippen LogP contribution is 2.22. The molecule has 0 radical (unpaired) electrons. The Morgan fingerprint density at radius 1 is 1.04 bits per heavy atom. The van der Waals surface area contributed by atoms with E-state index in [2.05, 4.69) is 0 Å². The molecule has 0 atom stereocenters. The van der Waals surface area contributed by atoms with E-state index in [9.17, 15) is 14.4 Å². The summed E-state index contributed by atoms with van der Waals surface area (Å²) in [6.07, 6.45) is 0. The zero-order valence-corrected chi connectivity index (χ0v) is 12.7. The fraction of sp³-hybridized carbons (Fsp3) is 0.0556. The van der Waals surface area contributed by atoms with E-state index in [-0.39, 0.29) is 11.5 Å². The number of anilines is 1. The van der Waals surface area contributed by atoms with Crippen LogP contribution in [-0.4, -0.2) is 24.0 Å². The van der Waals surface area contributed by atoms with Crippen LogP contribution in [0.25, 0.3) is 11.0 Å². The number of carboxylic acids is 1. The molecule has 1 N–H and O–H groups in total. The maximum atomic E-state index is 12.4. The monoisotopic (exact) mass is 323 g/mol. The van der Waals surface area contributed by atoms with Gasteiger partial charge in [-0.2, -0.15) is 0 Å². The first-order valence-corrected chi connectivity index (χ1v) is 7.11. The fourth-order valence-electron chi connectivity index (χ4n) is 2.35. The van der Waals surface area contributed by atoms with Crippen molar-refractivity contribution in [2.24, 2.45) is 0 Å². The quantitative estimate of drug-likeness (QED) is 0.749. The predicted molar refractivity (Wildman–Crippen MR) is 88.6 cm³/mol. The maximum Gasteiger partial charge on any atom is 0.351 e. The number of carbonyl (C=O) groups is 2. The van der Waals surface area contributed by atoms with Crippen molar-refractivity contribution < 1.29 is 19.1 Å². The highest BCUT2D eigenvalue weighted by atomic mass is 16.4. The average Bonchev–Trinajstić information content (AvgIpc) is 2.59. The zero-order valence-electron chi connectivity index (χ0n) is 12.7. The van der Waals surface area contributed by atoms with Crippen LogP contribution in [0, 0.1) is 0 Å². The largest absolute Gasteiger partial charge is 0.477 e. The molecule has 3 rings (SSSR count). The first-order chi connectivity index (χ1) is 11.5. The predicted octanol–water partition coefficient (Wildman–Crippen LogP) is 2.77. The van der Waals surface area contributed by atoms with Gasteiger partial charge in [-0.05, 0) is 30.3 Å². The molecule has 120 valence electrons. The van der Waals surface area contributed by atoms with E-state index in [4.69, 9.17) is 9.52 Å². The van der Waals surface area contributed by atoms with Crippen LogP contribution >= 0.6 is 0 Å². The van der Waals surface area contributed by atoms with Crippen molar-refractivity contribution in [3.63, 3.8) is 0 Å². The standard InChI is InChI=1S/C18H13NO5/c1-19(16(20)11-5-3-2-4-6-11)13-8-7-12-9-14(17(21)22)18(23)24-15(12)10-13/h2-10H,1H3,(H,21,22). The molecule has 0 bridgehead atoms. The van der Waals surface area contributed by atoms with Gasteiger partial charge in [-0.3, -0.25) is 4.79 Å². The molecular weight excluding hydrogens is 310 g/mol. The van der Waals surface area contributed by atoms with E-state index in [1.54, 1.807) is 43.4 Å². The Bertz CT molecular complexity index is 991. The number of fused-ring (bicyclic) bond motifs is 1. The number of hydrogen-bond acceptors (Lipinski definition) is 4. The second-order valence-corrected chi connectivity index (χ2v) is 5.21. The minimum Gasteiger partial charge on any atom is -0.477 e. The summed E-state index contributed by atoms with van der Waals surface area (Å²) >= 11 is 0. The Labute approximate surface area is 136 Å². The van der Waals surface area contributed by atoms with Crippen LogP contribution < -0.4 is 10.5 Å². The number of aromatic carboxylic acids is 1. The summed E-state index contributed by atoms with van der Waals surface area (Å²) in [7, 11) is 1.61. The van der Waals surface area contributed by atoms with Crippen LogP contribution in [0.1, 0.15) is 20.7 Å². The Balaban J connectivity index is 2.02. The van der Waals surface area contributed by atoms with Crippen LogP contribution in [0.2, 0.25) is 0 Å². The van der Waals surface area contributed by atoms with Gasteiger partial charge in [0.05, 0.1) is 0 Å². The molecule has 6 nitrogen and oxygen atoms in total. The molecule has 0 fully saturated rings. The van der Waals surface area contributed by atoms with Gasteiger partial charge in [0.15, 0.2) is 0 Å². The summed E-state index contributed by atoms with van der Waals surface area (Å²) in [6, 6.07) is 14.8. The Morgan fingerprint density at radius 3 is 2.42 bits per heavy atom. The molecule has 0 aliphatic heterocycles. The summed E-state index contributed by atoms with van der Waals surface area (Å²) in [5.74, 6) is -1.55. The molecule has 0 aliphatic carbocycles. The molecule has 0 aliphatic rings. The molecule has 24 heavy (non-hydrogen) atoms. The lowest BCUT2D eigenvalue weighted by Gasteiger charge is -2.17. The lowest BCUT2D eigenvalue weighted by atomic mass is 10.1. The van der Waals surface area contributed by atoms with E-state index < -0.39 is 17.2 Å². The summed E-state index contributed by atoms with van der Waals surface area (Å²) in [5, 5.41) is 9.42. The van der Waals surface area contributed by atoms with E-state index in [1.807, 2.05) is 6.07 Å². The van der Waals surface area contributed by atoms with Gasteiger partial charge in [0, 0.05) is 29.8 Å². The van der Waals surface area contributed by atoms with Gasteiger partial charge in [0.1, 0.15) is 11.1 Å². The number of benzene rings is 2. The molecule has 3 aromatic rings. The second-order valence-electron chi connectivity index (χ2n) is 5.21. The Morgan fingerprint density at radius 2 is 1.75 bits per heavy atom. The summed E-state index contributed by atoms with van der Waals surface area (Å²) in [6.45, 7) is 0. The lowest BCUT2D eigenvalue weighted by Crippen LogP contribution is -2.26. The van der Waals surface area contributed by atoms with Crippen molar-refractivity contribution in [2.45, 2.75) is 0 Å². The average molecular weight is 323 g/mol. The smallest absolute Gasteiger partial charge is 0.351 e. The number of carboxylic acid groups (broad SMARTS) is 1. The molecule has 0 saturated carbocycles. The molecule has 0 spiro atoms. The molecular formula is C18H13NO5. The molecule has 1 heterocycles. The molecule has 6 heteroatoms. The third kappa shape index (κ3) is 2.77. The number of rotatable bonds is 3. The van der Waals surface area contributed by atoms with Gasteiger partial charge in [0.25, 0.3) is 5.91 Å². The third-order valence-electron chi connectivity index (χ3n) is 3.66. The van der Waals surface area contributed by atoms with E-state index in [0.717, 1.165) is 0 Å². The van der Waals surface area contributed by atoms with Crippen LogP contribution in [0.4, 0.5) is 5.69 Å². The number of amides is 1. The van der Waals surface area contributed by atoms with Crippen molar-refractivity contribution in [1.29, 1.82) is 0 Å². The van der Waals surface area contributed by atoms with Crippen LogP contribution in [0.5, 0.6) is 0 Å². The number of hydrogen-bond donors (Lipinski definition) is 1. The van der Waals surface area contributed by atoms with Crippen molar-refractivity contribution in [1.82, 2.24) is 0 Å². The van der Waals surface area contributed by atoms with Crippen molar-refractivity contribution in [3.8, 4) is 0 Å². The van der Waals surface area contributed by atoms with Gasteiger partial charge >= 0.3 is 11.6 Å². The van der Waals surface area contributed by atoms with Crippen LogP contribution in [-0.2, 0) is 0 Å². The van der Waals surface area contributed by atoms with Gasteiger partial charge in [-0.15, -0.1) is 0 Å². The molecule has 1 aromatic heterocycles. The second kappa shape index (κ2) is 6.00. The summed E-state index contributed by atoms with van der Waals surface area (Å²) in [5.41, 5.74) is -0.0753. The topological polar surface area (TPSA) is 87.8 Å². The van der Waals surface area contributed by atoms with E-state index in [0.29, 0.717) is 16.6 Å². The Hall–Kier alpha value is -3.41. The van der Waals surface area contributed by atoms with Crippen molar-refractivity contribution >= 4 is 28.5 Å². The Kier molecular flexibility index (Phi) is 3.87. The third-order valence-corrected chi connectivity index (χ3v) is 3.66. The van der Waals surface area contributed by atoms with E-state index >= 15 is 0 Å². The number of carbonyl (C=O) groups excluding carboxylic acids is 1. The molecule has 2 aromatic carbocycles. The van der Waals surface area contributed by atoms with Gasteiger partial charge in [0.2, 0.25) is 0 Å². The first kappa shape index (κ1) is 15.5. The van der Waals surface area contributed by atoms with Crippen LogP contribution in [0.3, 0.4) is 0 Å². The van der Waals surface area contributed by atoms with Crippen molar-refractivity contribution in [2.75, 3.05) is 11.9 Å².